The number of para-hydroxylation sites is 1. The highest BCUT2D eigenvalue weighted by atomic mass is 16.2. The number of anilines is 1. The zero-order valence-electron chi connectivity index (χ0n) is 15.6. The van der Waals surface area contributed by atoms with Crippen LogP contribution in [0, 0.1) is 0 Å². The number of aromatic nitrogens is 3. The van der Waals surface area contributed by atoms with Gasteiger partial charge in [0.1, 0.15) is 12.7 Å². The lowest BCUT2D eigenvalue weighted by Crippen LogP contribution is -2.28. The number of rotatable bonds is 6. The number of amides is 3. The fourth-order valence-electron chi connectivity index (χ4n) is 3.21. The molecular weight excluding hydrogens is 370 g/mol. The SMILES string of the molecule is O=C(Nc1ccccc1Cn1cncn1)c1ccc(CN2C(=O)CCC2=O)cc1. The van der Waals surface area contributed by atoms with Crippen molar-refractivity contribution in [3.8, 4) is 0 Å². The zero-order valence-corrected chi connectivity index (χ0v) is 15.6. The van der Waals surface area contributed by atoms with Gasteiger partial charge in [-0.1, -0.05) is 30.3 Å². The number of hydrogen-bond acceptors (Lipinski definition) is 5. The summed E-state index contributed by atoms with van der Waals surface area (Å²) in [7, 11) is 0. The Hall–Kier alpha value is -3.81. The molecule has 1 aliphatic heterocycles. The van der Waals surface area contributed by atoms with Gasteiger partial charge in [-0.05, 0) is 29.3 Å². The predicted molar refractivity (Wildman–Crippen MR) is 105 cm³/mol. The molecule has 0 aliphatic carbocycles. The van der Waals surface area contributed by atoms with E-state index in [1.807, 2.05) is 24.3 Å². The lowest BCUT2D eigenvalue weighted by molar-refractivity contribution is -0.139. The van der Waals surface area contributed by atoms with Crippen LogP contribution in [0.25, 0.3) is 0 Å². The largest absolute Gasteiger partial charge is 0.322 e. The molecule has 2 heterocycles. The minimum Gasteiger partial charge on any atom is -0.322 e. The van der Waals surface area contributed by atoms with Gasteiger partial charge in [-0.25, -0.2) is 9.67 Å². The zero-order chi connectivity index (χ0) is 20.2. The summed E-state index contributed by atoms with van der Waals surface area (Å²) >= 11 is 0. The smallest absolute Gasteiger partial charge is 0.255 e. The lowest BCUT2D eigenvalue weighted by Gasteiger charge is -2.14. The van der Waals surface area contributed by atoms with Gasteiger partial charge in [-0.2, -0.15) is 5.10 Å². The maximum Gasteiger partial charge on any atom is 0.255 e. The molecule has 0 spiro atoms. The monoisotopic (exact) mass is 389 g/mol. The number of likely N-dealkylation sites (tertiary alicyclic amines) is 1. The van der Waals surface area contributed by atoms with Crippen LogP contribution in [0.3, 0.4) is 0 Å². The number of nitrogens with zero attached hydrogens (tertiary/aromatic N) is 4. The fourth-order valence-corrected chi connectivity index (χ4v) is 3.21. The summed E-state index contributed by atoms with van der Waals surface area (Å²) in [6.07, 6.45) is 3.62. The molecule has 4 rings (SSSR count). The molecule has 0 unspecified atom stereocenters. The predicted octanol–water partition coefficient (Wildman–Crippen LogP) is 2.23. The molecule has 3 amide bonds. The first-order chi connectivity index (χ1) is 14.1. The Morgan fingerprint density at radius 2 is 1.69 bits per heavy atom. The van der Waals surface area contributed by atoms with Gasteiger partial charge in [0, 0.05) is 24.1 Å². The molecule has 8 nitrogen and oxygen atoms in total. The summed E-state index contributed by atoms with van der Waals surface area (Å²) in [6, 6.07) is 14.4. The summed E-state index contributed by atoms with van der Waals surface area (Å²) in [5, 5.41) is 7.02. The van der Waals surface area contributed by atoms with E-state index < -0.39 is 0 Å². The second-order valence-electron chi connectivity index (χ2n) is 6.77. The molecule has 0 saturated carbocycles. The molecule has 2 aromatic carbocycles. The van der Waals surface area contributed by atoms with Crippen LogP contribution in [0.15, 0.2) is 61.2 Å². The third kappa shape index (κ3) is 4.21. The average molecular weight is 389 g/mol. The molecule has 0 bridgehead atoms. The summed E-state index contributed by atoms with van der Waals surface area (Å²) in [5.41, 5.74) is 2.90. The molecular formula is C21H19N5O3. The van der Waals surface area contributed by atoms with Crippen molar-refractivity contribution in [1.82, 2.24) is 19.7 Å². The Morgan fingerprint density at radius 1 is 0.966 bits per heavy atom. The van der Waals surface area contributed by atoms with E-state index in [1.54, 1.807) is 35.3 Å². The highest BCUT2D eigenvalue weighted by Crippen LogP contribution is 2.19. The van der Waals surface area contributed by atoms with Gasteiger partial charge in [0.05, 0.1) is 13.1 Å². The quantitative estimate of drug-likeness (QED) is 0.652. The van der Waals surface area contributed by atoms with E-state index in [2.05, 4.69) is 15.4 Å². The number of benzene rings is 2. The van der Waals surface area contributed by atoms with Crippen LogP contribution < -0.4 is 5.32 Å². The van der Waals surface area contributed by atoms with Crippen LogP contribution in [0.5, 0.6) is 0 Å². The van der Waals surface area contributed by atoms with Crippen molar-refractivity contribution < 1.29 is 14.4 Å². The van der Waals surface area contributed by atoms with Crippen molar-refractivity contribution in [2.24, 2.45) is 0 Å². The van der Waals surface area contributed by atoms with Crippen molar-refractivity contribution in [2.45, 2.75) is 25.9 Å². The average Bonchev–Trinajstić information content (AvgIpc) is 3.35. The highest BCUT2D eigenvalue weighted by Gasteiger charge is 2.28. The third-order valence-corrected chi connectivity index (χ3v) is 4.78. The van der Waals surface area contributed by atoms with Crippen LogP contribution in [0.1, 0.15) is 34.3 Å². The standard InChI is InChI=1S/C21H19N5O3/c27-19-9-10-20(28)26(19)11-15-5-7-16(8-6-15)21(29)24-18-4-2-1-3-17(18)12-25-14-22-13-23-25/h1-8,13-14H,9-12H2,(H,24,29). The first-order valence-electron chi connectivity index (χ1n) is 9.24. The van der Waals surface area contributed by atoms with Gasteiger partial charge in [-0.3, -0.25) is 19.3 Å². The molecule has 0 atom stereocenters. The summed E-state index contributed by atoms with van der Waals surface area (Å²) < 4.78 is 1.68. The molecule has 1 aliphatic rings. The minimum atomic E-state index is -0.240. The van der Waals surface area contributed by atoms with Crippen molar-refractivity contribution in [1.29, 1.82) is 0 Å². The fraction of sp³-hybridized carbons (Fsp3) is 0.190. The molecule has 29 heavy (non-hydrogen) atoms. The van der Waals surface area contributed by atoms with Gasteiger partial charge in [0.2, 0.25) is 11.8 Å². The second kappa shape index (κ2) is 8.05. The molecule has 146 valence electrons. The molecule has 1 aromatic heterocycles. The number of carbonyl (C=O) groups excluding carboxylic acids is 3. The van der Waals surface area contributed by atoms with Crippen LogP contribution in [0.4, 0.5) is 5.69 Å². The Kier molecular flexibility index (Phi) is 5.15. The van der Waals surface area contributed by atoms with Crippen molar-refractivity contribution in [3.05, 3.63) is 77.9 Å². The number of hydrogen-bond donors (Lipinski definition) is 1. The first-order valence-corrected chi connectivity index (χ1v) is 9.24. The summed E-state index contributed by atoms with van der Waals surface area (Å²) in [6.45, 7) is 0.730. The first kappa shape index (κ1) is 18.5. The van der Waals surface area contributed by atoms with E-state index in [0.29, 0.717) is 17.8 Å². The van der Waals surface area contributed by atoms with E-state index >= 15 is 0 Å². The molecule has 1 N–H and O–H groups in total. The van der Waals surface area contributed by atoms with Crippen molar-refractivity contribution in [3.63, 3.8) is 0 Å². The Labute approximate surface area is 167 Å². The second-order valence-corrected chi connectivity index (χ2v) is 6.77. The minimum absolute atomic E-state index is 0.152. The number of carbonyl (C=O) groups is 3. The number of nitrogens with one attached hydrogen (secondary N) is 1. The van der Waals surface area contributed by atoms with E-state index in [0.717, 1.165) is 11.1 Å². The topological polar surface area (TPSA) is 97.2 Å². The van der Waals surface area contributed by atoms with Crippen LogP contribution >= 0.6 is 0 Å². The van der Waals surface area contributed by atoms with Gasteiger partial charge in [0.15, 0.2) is 0 Å². The van der Waals surface area contributed by atoms with E-state index in [1.165, 1.54) is 11.2 Å². The Balaban J connectivity index is 1.44. The molecule has 0 radical (unpaired) electrons. The molecule has 1 saturated heterocycles. The van der Waals surface area contributed by atoms with Crippen LogP contribution in [-0.2, 0) is 22.7 Å². The van der Waals surface area contributed by atoms with Crippen molar-refractivity contribution >= 4 is 23.4 Å². The highest BCUT2D eigenvalue weighted by molar-refractivity contribution is 6.04. The maximum absolute atomic E-state index is 12.7. The maximum atomic E-state index is 12.7. The van der Waals surface area contributed by atoms with Gasteiger partial charge in [0.25, 0.3) is 5.91 Å². The molecule has 1 fully saturated rings. The molecule has 8 heteroatoms. The normalized spacial score (nSPS) is 13.7. The van der Waals surface area contributed by atoms with Gasteiger partial charge < -0.3 is 5.32 Å². The van der Waals surface area contributed by atoms with Gasteiger partial charge in [-0.15, -0.1) is 0 Å². The van der Waals surface area contributed by atoms with Crippen LogP contribution in [0.2, 0.25) is 0 Å². The molecule has 3 aromatic rings. The van der Waals surface area contributed by atoms with E-state index in [-0.39, 0.29) is 37.1 Å². The van der Waals surface area contributed by atoms with Crippen LogP contribution in [-0.4, -0.2) is 37.4 Å². The van der Waals surface area contributed by atoms with Gasteiger partial charge >= 0.3 is 0 Å². The van der Waals surface area contributed by atoms with E-state index in [4.69, 9.17) is 0 Å². The Morgan fingerprint density at radius 3 is 2.38 bits per heavy atom. The lowest BCUT2D eigenvalue weighted by atomic mass is 10.1. The van der Waals surface area contributed by atoms with Crippen molar-refractivity contribution in [2.75, 3.05) is 5.32 Å². The van der Waals surface area contributed by atoms with E-state index in [9.17, 15) is 14.4 Å². The number of imide groups is 1. The third-order valence-electron chi connectivity index (χ3n) is 4.78. The Bertz CT molecular complexity index is 1030. The summed E-state index contributed by atoms with van der Waals surface area (Å²) in [5.74, 6) is -0.544. The summed E-state index contributed by atoms with van der Waals surface area (Å²) in [4.78, 5) is 41.3.